The normalized spacial score (nSPS) is 23.7. The summed E-state index contributed by atoms with van der Waals surface area (Å²) in [5.41, 5.74) is 0. The van der Waals surface area contributed by atoms with Gasteiger partial charge in [-0.05, 0) is 25.7 Å². The maximum atomic E-state index is 11.6. The quantitative estimate of drug-likeness (QED) is 0.499. The van der Waals surface area contributed by atoms with E-state index >= 15 is 0 Å². The molecule has 22 heavy (non-hydrogen) atoms. The smallest absolute Gasteiger partial charge is 0.239 e. The van der Waals surface area contributed by atoms with E-state index in [-0.39, 0.29) is 12.5 Å². The number of aliphatic imine (C=N–C) groups is 1. The van der Waals surface area contributed by atoms with Gasteiger partial charge in [0.1, 0.15) is 0 Å². The number of carbonyl (C=O) groups is 1. The molecule has 3 N–H and O–H groups in total. The second-order valence-electron chi connectivity index (χ2n) is 6.34. The largest absolute Gasteiger partial charge is 0.355 e. The Balaban J connectivity index is 1.68. The van der Waals surface area contributed by atoms with Crippen molar-refractivity contribution in [2.75, 3.05) is 33.2 Å². The van der Waals surface area contributed by atoms with Gasteiger partial charge in [0.15, 0.2) is 5.96 Å². The Kier molecular flexibility index (Phi) is 6.96. The summed E-state index contributed by atoms with van der Waals surface area (Å²) in [6.45, 7) is 5.32. The summed E-state index contributed by atoms with van der Waals surface area (Å²) < 4.78 is 0. The third-order valence-electron chi connectivity index (χ3n) is 4.61. The van der Waals surface area contributed by atoms with Crippen LogP contribution < -0.4 is 16.0 Å². The van der Waals surface area contributed by atoms with Crippen molar-refractivity contribution in [1.29, 1.82) is 0 Å². The third kappa shape index (κ3) is 5.16. The molecule has 2 rings (SSSR count). The number of carbonyl (C=O) groups excluding carboxylic acids is 1. The van der Waals surface area contributed by atoms with Crippen LogP contribution in [-0.2, 0) is 4.79 Å². The highest BCUT2D eigenvalue weighted by molar-refractivity contribution is 5.86. The fourth-order valence-corrected chi connectivity index (χ4v) is 3.39. The molecule has 0 radical (unpaired) electrons. The van der Waals surface area contributed by atoms with Gasteiger partial charge in [0.2, 0.25) is 5.91 Å². The lowest BCUT2D eigenvalue weighted by Crippen LogP contribution is -2.48. The summed E-state index contributed by atoms with van der Waals surface area (Å²) in [5, 5.41) is 9.40. The van der Waals surface area contributed by atoms with Gasteiger partial charge >= 0.3 is 0 Å². The van der Waals surface area contributed by atoms with Gasteiger partial charge in [-0.15, -0.1) is 0 Å². The van der Waals surface area contributed by atoms with Crippen LogP contribution in [-0.4, -0.2) is 62.1 Å². The fourth-order valence-electron chi connectivity index (χ4n) is 3.39. The molecular formula is C16H31N5O. The number of guanidine groups is 1. The average molecular weight is 309 g/mol. The molecule has 0 aromatic carbocycles. The van der Waals surface area contributed by atoms with E-state index in [1.54, 1.807) is 7.05 Å². The van der Waals surface area contributed by atoms with Crippen LogP contribution in [0.5, 0.6) is 0 Å². The van der Waals surface area contributed by atoms with Crippen LogP contribution in [0.4, 0.5) is 0 Å². The van der Waals surface area contributed by atoms with E-state index in [4.69, 9.17) is 0 Å². The first-order valence-electron chi connectivity index (χ1n) is 8.71. The predicted molar refractivity (Wildman–Crippen MR) is 90.0 cm³/mol. The molecule has 1 amide bonds. The molecule has 0 spiro atoms. The Morgan fingerprint density at radius 3 is 2.68 bits per heavy atom. The van der Waals surface area contributed by atoms with E-state index in [1.165, 1.54) is 32.2 Å². The van der Waals surface area contributed by atoms with Crippen LogP contribution in [0.2, 0.25) is 0 Å². The number of likely N-dealkylation sites (tertiary alicyclic amines) is 1. The second-order valence-corrected chi connectivity index (χ2v) is 6.34. The average Bonchev–Trinajstić information content (AvgIpc) is 3.20. The molecule has 1 saturated carbocycles. The minimum absolute atomic E-state index is 0.0174. The monoisotopic (exact) mass is 309 g/mol. The highest BCUT2D eigenvalue weighted by atomic mass is 16.1. The number of nitrogens with zero attached hydrogens (tertiary/aromatic N) is 2. The van der Waals surface area contributed by atoms with Gasteiger partial charge in [-0.25, -0.2) is 0 Å². The molecular weight excluding hydrogens is 278 g/mol. The van der Waals surface area contributed by atoms with Crippen molar-refractivity contribution < 1.29 is 4.79 Å². The van der Waals surface area contributed by atoms with Gasteiger partial charge in [0.25, 0.3) is 0 Å². The molecule has 1 aliphatic carbocycles. The molecule has 126 valence electrons. The standard InChI is InChI=1S/C16H31N5O/c1-3-9-18-15(22)11-19-16(17-2)20-13-8-10-21(12-13)14-6-4-5-7-14/h13-14H,3-12H2,1-2H3,(H,18,22)(H2,17,19,20). The number of nitrogens with one attached hydrogen (secondary N) is 3. The number of hydrogen-bond donors (Lipinski definition) is 3. The van der Waals surface area contributed by atoms with Crippen molar-refractivity contribution in [3.05, 3.63) is 0 Å². The summed E-state index contributed by atoms with van der Waals surface area (Å²) in [6, 6.07) is 1.23. The van der Waals surface area contributed by atoms with Crippen molar-refractivity contribution in [2.24, 2.45) is 4.99 Å². The van der Waals surface area contributed by atoms with Crippen LogP contribution in [0.1, 0.15) is 45.4 Å². The first-order valence-corrected chi connectivity index (χ1v) is 8.71. The molecule has 1 unspecified atom stereocenters. The van der Waals surface area contributed by atoms with Crippen molar-refractivity contribution >= 4 is 11.9 Å². The molecule has 1 saturated heterocycles. The molecule has 6 heteroatoms. The van der Waals surface area contributed by atoms with Gasteiger partial charge in [-0.1, -0.05) is 19.8 Å². The number of amides is 1. The molecule has 1 atom stereocenters. The maximum Gasteiger partial charge on any atom is 0.239 e. The van der Waals surface area contributed by atoms with Crippen molar-refractivity contribution in [2.45, 2.75) is 57.5 Å². The Morgan fingerprint density at radius 2 is 2.00 bits per heavy atom. The Morgan fingerprint density at radius 1 is 1.23 bits per heavy atom. The second kappa shape index (κ2) is 8.98. The highest BCUT2D eigenvalue weighted by Crippen LogP contribution is 2.26. The van der Waals surface area contributed by atoms with E-state index in [2.05, 4.69) is 25.8 Å². The highest BCUT2D eigenvalue weighted by Gasteiger charge is 2.30. The van der Waals surface area contributed by atoms with Gasteiger partial charge in [0.05, 0.1) is 6.54 Å². The minimum atomic E-state index is 0.0174. The van der Waals surface area contributed by atoms with Crippen LogP contribution >= 0.6 is 0 Å². The van der Waals surface area contributed by atoms with Crippen LogP contribution in [0.15, 0.2) is 4.99 Å². The number of rotatable bonds is 6. The summed E-state index contributed by atoms with van der Waals surface area (Å²) >= 11 is 0. The minimum Gasteiger partial charge on any atom is -0.355 e. The van der Waals surface area contributed by atoms with E-state index in [0.29, 0.717) is 6.04 Å². The van der Waals surface area contributed by atoms with Gasteiger partial charge < -0.3 is 16.0 Å². The summed E-state index contributed by atoms with van der Waals surface area (Å²) in [7, 11) is 1.75. The van der Waals surface area contributed by atoms with E-state index < -0.39 is 0 Å². The van der Waals surface area contributed by atoms with E-state index in [1.807, 2.05) is 6.92 Å². The molecule has 0 aromatic heterocycles. The molecule has 1 heterocycles. The zero-order chi connectivity index (χ0) is 15.8. The molecule has 0 bridgehead atoms. The van der Waals surface area contributed by atoms with Crippen molar-refractivity contribution in [3.8, 4) is 0 Å². The summed E-state index contributed by atoms with van der Waals surface area (Å²) in [5.74, 6) is 0.744. The molecule has 1 aliphatic heterocycles. The Labute approximate surface area is 134 Å². The first kappa shape index (κ1) is 17.1. The lowest BCUT2D eigenvalue weighted by molar-refractivity contribution is -0.120. The number of hydrogen-bond acceptors (Lipinski definition) is 3. The molecule has 6 nitrogen and oxygen atoms in total. The van der Waals surface area contributed by atoms with Gasteiger partial charge in [0, 0.05) is 38.8 Å². The van der Waals surface area contributed by atoms with Crippen molar-refractivity contribution in [3.63, 3.8) is 0 Å². The molecule has 2 aliphatic rings. The van der Waals surface area contributed by atoms with Crippen LogP contribution in [0, 0.1) is 0 Å². The van der Waals surface area contributed by atoms with Crippen LogP contribution in [0.3, 0.4) is 0 Å². The topological polar surface area (TPSA) is 68.8 Å². The molecule has 2 fully saturated rings. The zero-order valence-electron chi connectivity index (χ0n) is 14.0. The predicted octanol–water partition coefficient (Wildman–Crippen LogP) is 0.695. The van der Waals surface area contributed by atoms with Crippen LogP contribution in [0.25, 0.3) is 0 Å². The summed E-state index contributed by atoms with van der Waals surface area (Å²) in [4.78, 5) is 18.5. The van der Waals surface area contributed by atoms with E-state index in [9.17, 15) is 4.79 Å². The van der Waals surface area contributed by atoms with E-state index in [0.717, 1.165) is 37.9 Å². The lowest BCUT2D eigenvalue weighted by Gasteiger charge is -2.24. The van der Waals surface area contributed by atoms with Gasteiger partial charge in [-0.2, -0.15) is 0 Å². The van der Waals surface area contributed by atoms with Gasteiger partial charge in [-0.3, -0.25) is 14.7 Å². The Hall–Kier alpha value is -1.30. The zero-order valence-corrected chi connectivity index (χ0v) is 14.0. The SMILES string of the molecule is CCCNC(=O)CNC(=NC)NC1CCN(C2CCCC2)C1. The lowest BCUT2D eigenvalue weighted by atomic mass is 10.2. The fraction of sp³-hybridized carbons (Fsp3) is 0.875. The van der Waals surface area contributed by atoms with Crippen molar-refractivity contribution in [1.82, 2.24) is 20.9 Å². The first-order chi connectivity index (χ1) is 10.7. The molecule has 0 aromatic rings. The third-order valence-corrected chi connectivity index (χ3v) is 4.61. The summed E-state index contributed by atoms with van der Waals surface area (Å²) in [6.07, 6.45) is 7.59. The Bertz CT molecular complexity index is 379. The maximum absolute atomic E-state index is 11.6.